The third kappa shape index (κ3) is 22.2. The van der Waals surface area contributed by atoms with E-state index in [2.05, 4.69) is 115 Å². The molecule has 1 aliphatic rings. The van der Waals surface area contributed by atoms with E-state index >= 15 is 0 Å². The zero-order valence-corrected chi connectivity index (χ0v) is 31.6. The Bertz CT molecular complexity index is 1170. The molecular formula is C41H67N5O4. The maximum Gasteiger partial charge on any atom is 0.247 e. The molecule has 9 heteroatoms. The fourth-order valence-electron chi connectivity index (χ4n) is 5.33. The van der Waals surface area contributed by atoms with Crippen LogP contribution in [0.15, 0.2) is 84.6 Å². The fourth-order valence-corrected chi connectivity index (χ4v) is 5.33. The first-order valence-electron chi connectivity index (χ1n) is 18.7. The predicted octanol–water partition coefficient (Wildman–Crippen LogP) is 6.36. The summed E-state index contributed by atoms with van der Waals surface area (Å²) in [5.74, 6) is -0.306. The van der Waals surface area contributed by atoms with Crippen LogP contribution in [0.5, 0.6) is 0 Å². The van der Waals surface area contributed by atoms with Gasteiger partial charge in [-0.05, 0) is 77.3 Å². The van der Waals surface area contributed by atoms with Gasteiger partial charge in [-0.25, -0.2) is 0 Å². The Labute approximate surface area is 303 Å². The highest BCUT2D eigenvalue weighted by atomic mass is 16.5. The van der Waals surface area contributed by atoms with Crippen LogP contribution in [0.3, 0.4) is 0 Å². The van der Waals surface area contributed by atoms with Crippen molar-refractivity contribution in [2.75, 3.05) is 33.2 Å². The summed E-state index contributed by atoms with van der Waals surface area (Å²) in [4.78, 5) is 39.0. The Balaban J connectivity index is 2.21. The van der Waals surface area contributed by atoms with Crippen molar-refractivity contribution in [2.45, 2.75) is 123 Å². The van der Waals surface area contributed by atoms with E-state index in [0.29, 0.717) is 51.0 Å². The van der Waals surface area contributed by atoms with E-state index in [1.807, 2.05) is 13.1 Å². The number of likely N-dealkylation sites (N-methyl/N-ethyl adjacent to an activating group) is 1. The van der Waals surface area contributed by atoms with Gasteiger partial charge < -0.3 is 31.3 Å². The molecule has 0 aromatic heterocycles. The molecule has 50 heavy (non-hydrogen) atoms. The molecule has 0 aliphatic heterocycles. The molecule has 9 nitrogen and oxygen atoms in total. The van der Waals surface area contributed by atoms with Gasteiger partial charge >= 0.3 is 0 Å². The van der Waals surface area contributed by atoms with E-state index in [1.165, 1.54) is 6.92 Å². The van der Waals surface area contributed by atoms with Crippen molar-refractivity contribution in [3.8, 4) is 0 Å². The van der Waals surface area contributed by atoms with E-state index in [4.69, 9.17) is 10.5 Å². The number of amides is 3. The SMILES string of the molecule is CC/C=C\C/C=C\C/C=C\C/C=C\C/C=C\C/C=C\CCC(=O)NCCN(C)CCNC(=O)C1=C[C@@H](OC(CC)CC)[C@H](NC(C)=O)[C@@H](N)C1. The highest BCUT2D eigenvalue weighted by Gasteiger charge is 2.35. The highest BCUT2D eigenvalue weighted by molar-refractivity contribution is 5.94. The van der Waals surface area contributed by atoms with Gasteiger partial charge in [0, 0.05) is 51.1 Å². The molecule has 0 bridgehead atoms. The summed E-state index contributed by atoms with van der Waals surface area (Å²) in [7, 11) is 1.96. The Morgan fingerprint density at radius 1 is 0.820 bits per heavy atom. The topological polar surface area (TPSA) is 126 Å². The molecule has 0 aromatic carbocycles. The minimum atomic E-state index is -0.459. The molecule has 0 heterocycles. The van der Waals surface area contributed by atoms with Gasteiger partial charge in [0.05, 0.1) is 18.2 Å². The molecule has 0 aromatic rings. The average molecular weight is 694 g/mol. The summed E-state index contributed by atoms with van der Waals surface area (Å²) in [6.07, 6.45) is 36.5. The van der Waals surface area contributed by atoms with Crippen molar-refractivity contribution in [3.63, 3.8) is 0 Å². The van der Waals surface area contributed by atoms with Gasteiger partial charge in [-0.15, -0.1) is 0 Å². The number of hydrogen-bond acceptors (Lipinski definition) is 6. The second-order valence-corrected chi connectivity index (χ2v) is 12.7. The number of nitrogens with one attached hydrogen (secondary N) is 3. The standard InChI is InChI=1S/C41H67N5O4/c1-6-9-10-11-12-13-14-15-16-17-18-19-20-21-22-23-24-25-26-27-39(48)43-28-30-46(5)31-29-44-41(49)35-32-37(42)40(45-34(4)47)38(33-35)50-36(7-2)8-3/h9-10,12-13,15-16,18-19,21-22,24-25,33,36-38,40H,6-8,11,14,17,20,23,26-32,42H2,1-5H3,(H,43,48)(H,44,49)(H,45,47)/b10-9-,13-12-,16-15-,19-18-,22-21-,25-24-/t37-,38+,40+/m0/s1. The number of hydrogen-bond donors (Lipinski definition) is 4. The van der Waals surface area contributed by atoms with Crippen LogP contribution in [0.2, 0.25) is 0 Å². The summed E-state index contributed by atoms with van der Waals surface area (Å²) in [5, 5.41) is 8.86. The van der Waals surface area contributed by atoms with Gasteiger partial charge in [0.1, 0.15) is 0 Å². The molecule has 1 aliphatic carbocycles. The molecule has 3 atom stereocenters. The largest absolute Gasteiger partial charge is 0.369 e. The summed E-state index contributed by atoms with van der Waals surface area (Å²) in [5.41, 5.74) is 6.97. The van der Waals surface area contributed by atoms with Gasteiger partial charge in [-0.1, -0.05) is 93.7 Å². The van der Waals surface area contributed by atoms with Gasteiger partial charge in [-0.3, -0.25) is 14.4 Å². The van der Waals surface area contributed by atoms with Crippen molar-refractivity contribution >= 4 is 17.7 Å². The molecule has 0 spiro atoms. The van der Waals surface area contributed by atoms with Gasteiger partial charge in [0.2, 0.25) is 17.7 Å². The van der Waals surface area contributed by atoms with Crippen molar-refractivity contribution in [1.29, 1.82) is 0 Å². The number of allylic oxidation sites excluding steroid dienone is 12. The van der Waals surface area contributed by atoms with Crippen LogP contribution >= 0.6 is 0 Å². The average Bonchev–Trinajstić information content (AvgIpc) is 3.09. The second-order valence-electron chi connectivity index (χ2n) is 12.7. The molecule has 0 saturated heterocycles. The molecule has 0 radical (unpaired) electrons. The molecule has 3 amide bonds. The zero-order chi connectivity index (χ0) is 36.8. The maximum atomic E-state index is 13.0. The van der Waals surface area contributed by atoms with Crippen LogP contribution in [-0.2, 0) is 19.1 Å². The number of carbonyl (C=O) groups excluding carboxylic acids is 3. The normalized spacial score (nSPS) is 18.6. The first-order chi connectivity index (χ1) is 24.2. The van der Waals surface area contributed by atoms with Crippen molar-refractivity contribution < 1.29 is 19.1 Å². The Morgan fingerprint density at radius 3 is 1.82 bits per heavy atom. The maximum absolute atomic E-state index is 13.0. The summed E-state index contributed by atoms with van der Waals surface area (Å²) in [6, 6.07) is -0.800. The van der Waals surface area contributed by atoms with Crippen LogP contribution in [-0.4, -0.2) is 80.1 Å². The van der Waals surface area contributed by atoms with Crippen molar-refractivity contribution in [3.05, 3.63) is 84.6 Å². The lowest BCUT2D eigenvalue weighted by atomic mass is 9.87. The zero-order valence-electron chi connectivity index (χ0n) is 31.6. The molecule has 5 N–H and O–H groups in total. The molecule has 0 saturated carbocycles. The van der Waals surface area contributed by atoms with Crippen LogP contribution in [0, 0.1) is 0 Å². The Hall–Kier alpha value is -3.53. The van der Waals surface area contributed by atoms with Crippen molar-refractivity contribution in [1.82, 2.24) is 20.9 Å². The lowest BCUT2D eigenvalue weighted by Crippen LogP contribution is -2.57. The van der Waals surface area contributed by atoms with Crippen LogP contribution < -0.4 is 21.7 Å². The molecule has 1 rings (SSSR count). The lowest BCUT2D eigenvalue weighted by molar-refractivity contribution is -0.122. The number of nitrogens with zero attached hydrogens (tertiary/aromatic N) is 1. The predicted molar refractivity (Wildman–Crippen MR) is 208 cm³/mol. The number of rotatable bonds is 26. The monoisotopic (exact) mass is 694 g/mol. The van der Waals surface area contributed by atoms with Gasteiger partial charge in [0.15, 0.2) is 0 Å². The number of carbonyl (C=O) groups is 3. The number of ether oxygens (including phenoxy) is 1. The summed E-state index contributed by atoms with van der Waals surface area (Å²) >= 11 is 0. The van der Waals surface area contributed by atoms with Crippen LogP contribution in [0.4, 0.5) is 0 Å². The first-order valence-corrected chi connectivity index (χ1v) is 18.7. The Kier molecular flexibility index (Phi) is 26.0. The third-order valence-corrected chi connectivity index (χ3v) is 8.29. The third-order valence-electron chi connectivity index (χ3n) is 8.29. The highest BCUT2D eigenvalue weighted by Crippen LogP contribution is 2.23. The van der Waals surface area contributed by atoms with Crippen molar-refractivity contribution in [2.24, 2.45) is 5.73 Å². The first kappa shape index (κ1) is 44.5. The van der Waals surface area contributed by atoms with E-state index < -0.39 is 12.1 Å². The second kappa shape index (κ2) is 29.2. The minimum Gasteiger partial charge on any atom is -0.369 e. The summed E-state index contributed by atoms with van der Waals surface area (Å²) in [6.45, 7) is 10.0. The van der Waals surface area contributed by atoms with Crippen LogP contribution in [0.25, 0.3) is 0 Å². The lowest BCUT2D eigenvalue weighted by Gasteiger charge is -2.36. The molecule has 0 unspecified atom stereocenters. The summed E-state index contributed by atoms with van der Waals surface area (Å²) < 4.78 is 6.24. The van der Waals surface area contributed by atoms with Crippen LogP contribution in [0.1, 0.15) is 98.3 Å². The van der Waals surface area contributed by atoms with E-state index in [9.17, 15) is 14.4 Å². The van der Waals surface area contributed by atoms with E-state index in [-0.39, 0.29) is 29.9 Å². The minimum absolute atomic E-state index is 0.0212. The van der Waals surface area contributed by atoms with Gasteiger partial charge in [0.25, 0.3) is 0 Å². The Morgan fingerprint density at radius 2 is 1.32 bits per heavy atom. The van der Waals surface area contributed by atoms with E-state index in [0.717, 1.165) is 51.4 Å². The molecule has 280 valence electrons. The quantitative estimate of drug-likeness (QED) is 0.0782. The smallest absolute Gasteiger partial charge is 0.247 e. The molecular weight excluding hydrogens is 626 g/mol. The van der Waals surface area contributed by atoms with E-state index in [1.54, 1.807) is 0 Å². The van der Waals surface area contributed by atoms with Gasteiger partial charge in [-0.2, -0.15) is 0 Å². The molecule has 0 fully saturated rings. The fraction of sp³-hybridized carbons (Fsp3) is 0.585. The number of nitrogens with two attached hydrogens (primary N) is 1.